The van der Waals surface area contributed by atoms with Gasteiger partial charge in [-0.15, -0.1) is 0 Å². The summed E-state index contributed by atoms with van der Waals surface area (Å²) in [6, 6.07) is 18.7. The van der Waals surface area contributed by atoms with Crippen LogP contribution in [0.4, 0.5) is 0 Å². The summed E-state index contributed by atoms with van der Waals surface area (Å²) in [5.74, 6) is 0.912. The second-order valence-electron chi connectivity index (χ2n) is 7.12. The zero-order chi connectivity index (χ0) is 18.4. The van der Waals surface area contributed by atoms with Crippen LogP contribution in [-0.2, 0) is 0 Å². The summed E-state index contributed by atoms with van der Waals surface area (Å²) < 4.78 is 5.89. The lowest BCUT2D eigenvalue weighted by molar-refractivity contribution is 0.242. The fourth-order valence-corrected chi connectivity index (χ4v) is 3.40. The highest BCUT2D eigenvalue weighted by Gasteiger charge is 2.23. The molecule has 4 heteroatoms. The van der Waals surface area contributed by atoms with E-state index in [4.69, 9.17) is 10.00 Å². The van der Waals surface area contributed by atoms with E-state index in [1.54, 1.807) is 0 Å². The quantitative estimate of drug-likeness (QED) is 0.687. The van der Waals surface area contributed by atoms with Crippen molar-refractivity contribution in [2.75, 3.05) is 40.3 Å². The van der Waals surface area contributed by atoms with Gasteiger partial charge in [0.2, 0.25) is 0 Å². The van der Waals surface area contributed by atoms with Gasteiger partial charge in [-0.1, -0.05) is 31.7 Å². The number of hydrogen-bond donors (Lipinski definition) is 0. The van der Waals surface area contributed by atoms with E-state index in [-0.39, 0.29) is 7.43 Å². The zero-order valence-corrected chi connectivity index (χ0v) is 15.7. The number of likely N-dealkylation sites (N-methyl/N-ethyl adjacent to an activating group) is 1. The standard InChI is InChI=1S/C22H27N3O.CH4/c1-24(2)21-12-14-25(17-21)13-3-15-26-22-10-8-20(9-11-22)19-6-4-18(16-23)5-7-19;/h4-11,21H,3,12-15,17H2,1-2H3;1H4/t21-;/m1./s1. The van der Waals surface area contributed by atoms with Gasteiger partial charge in [0, 0.05) is 19.1 Å². The minimum Gasteiger partial charge on any atom is -0.494 e. The Kier molecular flexibility index (Phi) is 7.84. The molecule has 0 saturated carbocycles. The smallest absolute Gasteiger partial charge is 0.119 e. The fraction of sp³-hybridized carbons (Fsp3) is 0.435. The molecule has 0 N–H and O–H groups in total. The predicted octanol–water partition coefficient (Wildman–Crippen LogP) is 4.27. The van der Waals surface area contributed by atoms with E-state index in [1.165, 1.54) is 19.5 Å². The Morgan fingerprint density at radius 3 is 2.26 bits per heavy atom. The number of rotatable bonds is 7. The maximum atomic E-state index is 8.87. The SMILES string of the molecule is C.CN(C)[C@@H]1CCN(CCCOc2ccc(-c3ccc(C#N)cc3)cc2)C1. The molecule has 0 aromatic heterocycles. The first-order valence-corrected chi connectivity index (χ1v) is 9.28. The van der Waals surface area contributed by atoms with Crippen molar-refractivity contribution >= 4 is 0 Å². The van der Waals surface area contributed by atoms with Gasteiger partial charge in [-0.05, 0) is 68.9 Å². The molecule has 1 atom stereocenters. The van der Waals surface area contributed by atoms with Crippen molar-refractivity contribution in [3.8, 4) is 22.9 Å². The van der Waals surface area contributed by atoms with Gasteiger partial charge in [-0.2, -0.15) is 5.26 Å². The summed E-state index contributed by atoms with van der Waals surface area (Å²) in [6.45, 7) is 4.22. The van der Waals surface area contributed by atoms with Gasteiger partial charge in [0.05, 0.1) is 18.2 Å². The first-order chi connectivity index (χ1) is 12.7. The molecule has 3 rings (SSSR count). The molecule has 1 aliphatic heterocycles. The molecule has 1 saturated heterocycles. The van der Waals surface area contributed by atoms with E-state index < -0.39 is 0 Å². The van der Waals surface area contributed by atoms with Gasteiger partial charge in [0.15, 0.2) is 0 Å². The molecular weight excluding hydrogens is 334 g/mol. The lowest BCUT2D eigenvalue weighted by atomic mass is 10.0. The molecule has 0 radical (unpaired) electrons. The molecule has 0 amide bonds. The molecule has 0 spiro atoms. The van der Waals surface area contributed by atoms with Crippen molar-refractivity contribution in [1.29, 1.82) is 5.26 Å². The second kappa shape index (κ2) is 10.1. The second-order valence-corrected chi connectivity index (χ2v) is 7.12. The summed E-state index contributed by atoms with van der Waals surface area (Å²) >= 11 is 0. The van der Waals surface area contributed by atoms with Gasteiger partial charge in [0.25, 0.3) is 0 Å². The number of benzene rings is 2. The van der Waals surface area contributed by atoms with Gasteiger partial charge in [-0.3, -0.25) is 0 Å². The molecule has 1 aliphatic rings. The first-order valence-electron chi connectivity index (χ1n) is 9.28. The third-order valence-corrected chi connectivity index (χ3v) is 5.07. The molecular formula is C23H31N3O. The Labute approximate surface area is 164 Å². The van der Waals surface area contributed by atoms with Crippen LogP contribution in [0.3, 0.4) is 0 Å². The summed E-state index contributed by atoms with van der Waals surface area (Å²) in [4.78, 5) is 4.86. The van der Waals surface area contributed by atoms with Crippen molar-refractivity contribution in [3.05, 3.63) is 54.1 Å². The number of likely N-dealkylation sites (tertiary alicyclic amines) is 1. The van der Waals surface area contributed by atoms with Gasteiger partial charge in [-0.25, -0.2) is 0 Å². The van der Waals surface area contributed by atoms with Crippen molar-refractivity contribution < 1.29 is 4.74 Å². The van der Waals surface area contributed by atoms with Crippen molar-refractivity contribution in [1.82, 2.24) is 9.80 Å². The Balaban J connectivity index is 0.00000261. The summed E-state index contributed by atoms with van der Waals surface area (Å²) in [6.07, 6.45) is 2.32. The van der Waals surface area contributed by atoms with Gasteiger partial charge >= 0.3 is 0 Å². The van der Waals surface area contributed by atoms with Crippen LogP contribution in [-0.4, -0.2) is 56.2 Å². The third-order valence-electron chi connectivity index (χ3n) is 5.07. The molecule has 0 unspecified atom stereocenters. The maximum Gasteiger partial charge on any atom is 0.119 e. The van der Waals surface area contributed by atoms with Crippen LogP contribution in [0.25, 0.3) is 11.1 Å². The number of ether oxygens (including phenoxy) is 1. The summed E-state index contributed by atoms with van der Waals surface area (Å²) in [5, 5.41) is 8.87. The molecule has 144 valence electrons. The summed E-state index contributed by atoms with van der Waals surface area (Å²) in [7, 11) is 4.33. The summed E-state index contributed by atoms with van der Waals surface area (Å²) in [5.41, 5.74) is 2.93. The molecule has 2 aromatic carbocycles. The molecule has 1 fully saturated rings. The van der Waals surface area contributed by atoms with Crippen LogP contribution in [0.5, 0.6) is 5.75 Å². The average Bonchev–Trinajstić information content (AvgIpc) is 3.15. The van der Waals surface area contributed by atoms with Crippen LogP contribution in [0, 0.1) is 11.3 Å². The van der Waals surface area contributed by atoms with Gasteiger partial charge in [0.1, 0.15) is 5.75 Å². The number of nitriles is 1. The Bertz CT molecular complexity index is 732. The highest BCUT2D eigenvalue weighted by Crippen LogP contribution is 2.23. The minimum absolute atomic E-state index is 0. The van der Waals surface area contributed by atoms with Crippen molar-refractivity contribution in [2.24, 2.45) is 0 Å². The van der Waals surface area contributed by atoms with E-state index in [0.717, 1.165) is 36.4 Å². The van der Waals surface area contributed by atoms with Crippen molar-refractivity contribution in [2.45, 2.75) is 26.3 Å². The van der Waals surface area contributed by atoms with E-state index in [2.05, 4.69) is 42.1 Å². The molecule has 4 nitrogen and oxygen atoms in total. The molecule has 2 aromatic rings. The third kappa shape index (κ3) is 5.82. The normalized spacial score (nSPS) is 16.7. The van der Waals surface area contributed by atoms with E-state index >= 15 is 0 Å². The molecule has 0 aliphatic carbocycles. The predicted molar refractivity (Wildman–Crippen MR) is 112 cm³/mol. The van der Waals surface area contributed by atoms with Crippen LogP contribution >= 0.6 is 0 Å². The zero-order valence-electron chi connectivity index (χ0n) is 15.7. The highest BCUT2D eigenvalue weighted by molar-refractivity contribution is 5.64. The van der Waals surface area contributed by atoms with E-state index in [9.17, 15) is 0 Å². The molecule has 0 bridgehead atoms. The maximum absolute atomic E-state index is 8.87. The largest absolute Gasteiger partial charge is 0.494 e. The molecule has 1 heterocycles. The minimum atomic E-state index is 0. The number of nitrogens with zero attached hydrogens (tertiary/aromatic N) is 3. The topological polar surface area (TPSA) is 39.5 Å². The Morgan fingerprint density at radius 2 is 1.70 bits per heavy atom. The number of hydrogen-bond acceptors (Lipinski definition) is 4. The highest BCUT2D eigenvalue weighted by atomic mass is 16.5. The van der Waals surface area contributed by atoms with Crippen LogP contribution in [0.1, 0.15) is 25.8 Å². The Morgan fingerprint density at radius 1 is 1.07 bits per heavy atom. The van der Waals surface area contributed by atoms with Crippen LogP contribution < -0.4 is 4.74 Å². The van der Waals surface area contributed by atoms with Crippen LogP contribution in [0.15, 0.2) is 48.5 Å². The van der Waals surface area contributed by atoms with E-state index in [0.29, 0.717) is 11.6 Å². The van der Waals surface area contributed by atoms with Gasteiger partial charge < -0.3 is 14.5 Å². The first kappa shape index (κ1) is 21.0. The molecule has 27 heavy (non-hydrogen) atoms. The monoisotopic (exact) mass is 365 g/mol. The lowest BCUT2D eigenvalue weighted by Gasteiger charge is -2.20. The van der Waals surface area contributed by atoms with Crippen LogP contribution in [0.2, 0.25) is 0 Å². The average molecular weight is 366 g/mol. The van der Waals surface area contributed by atoms with Crippen molar-refractivity contribution in [3.63, 3.8) is 0 Å². The van der Waals surface area contributed by atoms with E-state index in [1.807, 2.05) is 36.4 Å². The Hall–Kier alpha value is -2.35. The lowest BCUT2D eigenvalue weighted by Crippen LogP contribution is -2.32. The fourth-order valence-electron chi connectivity index (χ4n) is 3.40.